The van der Waals surface area contributed by atoms with Gasteiger partial charge < -0.3 is 13.7 Å². The van der Waals surface area contributed by atoms with Crippen molar-refractivity contribution in [1.29, 1.82) is 0 Å². The summed E-state index contributed by atoms with van der Waals surface area (Å²) in [6, 6.07) is 61.5. The van der Waals surface area contributed by atoms with E-state index in [2.05, 4.69) is 157 Å². The molecule has 0 radical (unpaired) electrons. The quantitative estimate of drug-likeness (QED) is 0.163. The predicted molar refractivity (Wildman–Crippen MR) is 227 cm³/mol. The van der Waals surface area contributed by atoms with Crippen molar-refractivity contribution in [2.75, 3.05) is 0 Å². The lowest BCUT2D eigenvalue weighted by atomic mass is 10.0. The molecule has 0 unspecified atom stereocenters. The summed E-state index contributed by atoms with van der Waals surface area (Å²) in [5.74, 6) is 0. The summed E-state index contributed by atoms with van der Waals surface area (Å²) in [5.41, 5.74) is 12.8. The summed E-state index contributed by atoms with van der Waals surface area (Å²) in [4.78, 5) is 7.68. The molecule has 5 heteroatoms. The number of aromatic nitrogens is 3. The number of hydrogen-bond donors (Lipinski definition) is 0. The molecule has 0 saturated carbocycles. The Hall–Kier alpha value is -7.86. The molecule has 254 valence electrons. The van der Waals surface area contributed by atoms with E-state index in [1.165, 1.54) is 32.6 Å². The number of rotatable bonds is 4. The molecule has 11 rings (SSSR count). The average Bonchev–Trinajstić information content (AvgIpc) is 3.88. The van der Waals surface area contributed by atoms with Crippen LogP contribution in [0.4, 0.5) is 11.4 Å². The molecule has 5 nitrogen and oxygen atoms in total. The fraction of sp³-hybridized carbons (Fsp3) is 0. The maximum absolute atomic E-state index is 8.17. The number of fused-ring (bicyclic) bond motifs is 9. The van der Waals surface area contributed by atoms with Gasteiger partial charge in [0.2, 0.25) is 0 Å². The molecule has 0 atom stereocenters. The highest BCUT2D eigenvalue weighted by Gasteiger charge is 2.20. The average molecular weight is 700 g/mol. The molecule has 0 saturated heterocycles. The van der Waals surface area contributed by atoms with Gasteiger partial charge in [-0.3, -0.25) is 0 Å². The van der Waals surface area contributed by atoms with Gasteiger partial charge >= 0.3 is 0 Å². The molecule has 0 spiro atoms. The van der Waals surface area contributed by atoms with E-state index in [1.807, 2.05) is 42.5 Å². The Bertz CT molecular complexity index is 3420. The van der Waals surface area contributed by atoms with Gasteiger partial charge in [-0.05, 0) is 89.8 Å². The standard InChI is InChI=1S/C50H29N5/c1-51-33-23-25-49-42(30-33)40-16-6-11-21-47(40)54(49)36-28-32(27-34(29-36)52-2)37-13-3-8-18-44(37)55-48-22-12-7-17-41(48)43-31-35(24-26-50(43)55)53-45-19-9-4-14-38(45)39-15-5-10-20-46(39)53/h3-31H. The molecule has 11 aromatic rings. The lowest BCUT2D eigenvalue weighted by Crippen LogP contribution is -1.99. The summed E-state index contributed by atoms with van der Waals surface area (Å²) in [6.45, 7) is 15.8. The van der Waals surface area contributed by atoms with Crippen LogP contribution >= 0.6 is 0 Å². The molecule has 3 heterocycles. The van der Waals surface area contributed by atoms with Gasteiger partial charge in [0.05, 0.1) is 51.9 Å². The molecule has 8 aromatic carbocycles. The molecule has 55 heavy (non-hydrogen) atoms. The normalized spacial score (nSPS) is 11.6. The smallest absolute Gasteiger partial charge is 0.189 e. The molecular formula is C50H29N5. The fourth-order valence-corrected chi connectivity index (χ4v) is 8.73. The molecule has 0 fully saturated rings. The molecule has 0 aliphatic rings. The van der Waals surface area contributed by atoms with Crippen molar-refractivity contribution in [2.45, 2.75) is 0 Å². The van der Waals surface area contributed by atoms with Crippen LogP contribution in [0.15, 0.2) is 176 Å². The van der Waals surface area contributed by atoms with E-state index in [0.29, 0.717) is 11.4 Å². The maximum Gasteiger partial charge on any atom is 0.189 e. The van der Waals surface area contributed by atoms with Crippen molar-refractivity contribution in [2.24, 2.45) is 0 Å². The van der Waals surface area contributed by atoms with Gasteiger partial charge in [0.25, 0.3) is 0 Å². The van der Waals surface area contributed by atoms with Crippen LogP contribution in [-0.4, -0.2) is 13.7 Å². The van der Waals surface area contributed by atoms with Crippen molar-refractivity contribution in [3.63, 3.8) is 0 Å². The minimum absolute atomic E-state index is 0.559. The zero-order valence-electron chi connectivity index (χ0n) is 29.5. The van der Waals surface area contributed by atoms with E-state index >= 15 is 0 Å². The van der Waals surface area contributed by atoms with E-state index in [9.17, 15) is 0 Å². The molecule has 0 bridgehead atoms. The molecular weight excluding hydrogens is 671 g/mol. The lowest BCUT2D eigenvalue weighted by molar-refractivity contribution is 1.16. The Morgan fingerprint density at radius 1 is 0.327 bits per heavy atom. The van der Waals surface area contributed by atoms with Crippen molar-refractivity contribution < 1.29 is 0 Å². The monoisotopic (exact) mass is 699 g/mol. The van der Waals surface area contributed by atoms with Crippen LogP contribution in [0.25, 0.3) is 103 Å². The molecule has 0 aliphatic carbocycles. The Morgan fingerprint density at radius 3 is 1.44 bits per heavy atom. The molecule has 0 aliphatic heterocycles. The summed E-state index contributed by atoms with van der Waals surface area (Å²) >= 11 is 0. The van der Waals surface area contributed by atoms with Crippen LogP contribution in [0, 0.1) is 13.1 Å². The second-order valence-electron chi connectivity index (χ2n) is 14.0. The van der Waals surface area contributed by atoms with Gasteiger partial charge in [-0.15, -0.1) is 0 Å². The largest absolute Gasteiger partial charge is 0.311 e. The first-order valence-electron chi connectivity index (χ1n) is 18.3. The van der Waals surface area contributed by atoms with Gasteiger partial charge in [0.1, 0.15) is 0 Å². The highest BCUT2D eigenvalue weighted by Crippen LogP contribution is 2.41. The Kier molecular flexibility index (Phi) is 6.61. The summed E-state index contributed by atoms with van der Waals surface area (Å²) in [6.07, 6.45) is 0. The van der Waals surface area contributed by atoms with E-state index in [1.54, 1.807) is 0 Å². The number of para-hydroxylation sites is 5. The number of nitrogens with zero attached hydrogens (tertiary/aromatic N) is 5. The second kappa shape index (κ2) is 11.8. The Labute approximate surface area is 316 Å². The Morgan fingerprint density at radius 2 is 0.800 bits per heavy atom. The van der Waals surface area contributed by atoms with Crippen LogP contribution in [0.2, 0.25) is 0 Å². The zero-order chi connectivity index (χ0) is 36.6. The van der Waals surface area contributed by atoms with E-state index in [4.69, 9.17) is 13.1 Å². The van der Waals surface area contributed by atoms with Crippen LogP contribution in [-0.2, 0) is 0 Å². The Balaban J connectivity index is 1.14. The zero-order valence-corrected chi connectivity index (χ0v) is 29.5. The molecule has 3 aromatic heterocycles. The van der Waals surface area contributed by atoms with E-state index < -0.39 is 0 Å². The van der Waals surface area contributed by atoms with Crippen molar-refractivity contribution in [3.8, 4) is 28.2 Å². The fourth-order valence-electron chi connectivity index (χ4n) is 8.73. The second-order valence-corrected chi connectivity index (χ2v) is 14.0. The first-order chi connectivity index (χ1) is 27.2. The molecule has 0 amide bonds. The highest BCUT2D eigenvalue weighted by atomic mass is 15.0. The third-order valence-electron chi connectivity index (χ3n) is 11.0. The van der Waals surface area contributed by atoms with Crippen molar-refractivity contribution >= 4 is 76.8 Å². The van der Waals surface area contributed by atoms with E-state index in [-0.39, 0.29) is 0 Å². The van der Waals surface area contributed by atoms with Gasteiger partial charge in [-0.2, -0.15) is 0 Å². The van der Waals surface area contributed by atoms with Crippen LogP contribution in [0.5, 0.6) is 0 Å². The first kappa shape index (κ1) is 30.7. The van der Waals surface area contributed by atoms with Crippen LogP contribution in [0.1, 0.15) is 0 Å². The van der Waals surface area contributed by atoms with E-state index in [0.717, 1.165) is 61.0 Å². The lowest BCUT2D eigenvalue weighted by Gasteiger charge is -2.16. The third-order valence-corrected chi connectivity index (χ3v) is 11.0. The minimum Gasteiger partial charge on any atom is -0.311 e. The van der Waals surface area contributed by atoms with Crippen LogP contribution < -0.4 is 0 Å². The summed E-state index contributed by atoms with van der Waals surface area (Å²) in [7, 11) is 0. The van der Waals surface area contributed by atoms with Gasteiger partial charge in [0, 0.05) is 43.9 Å². The topological polar surface area (TPSA) is 23.5 Å². The van der Waals surface area contributed by atoms with Gasteiger partial charge in [-0.1, -0.05) is 97.1 Å². The predicted octanol–water partition coefficient (Wildman–Crippen LogP) is 13.7. The van der Waals surface area contributed by atoms with Gasteiger partial charge in [-0.25, -0.2) is 9.69 Å². The first-order valence-corrected chi connectivity index (χ1v) is 18.3. The van der Waals surface area contributed by atoms with Gasteiger partial charge in [0.15, 0.2) is 11.4 Å². The maximum atomic E-state index is 8.17. The molecule has 0 N–H and O–H groups in total. The minimum atomic E-state index is 0.559. The third kappa shape index (κ3) is 4.51. The number of benzene rings is 8. The van der Waals surface area contributed by atoms with Crippen LogP contribution in [0.3, 0.4) is 0 Å². The van der Waals surface area contributed by atoms with Crippen molar-refractivity contribution in [3.05, 3.63) is 199 Å². The number of hydrogen-bond acceptors (Lipinski definition) is 0. The highest BCUT2D eigenvalue weighted by molar-refractivity contribution is 6.13. The summed E-state index contributed by atoms with van der Waals surface area (Å²) < 4.78 is 6.96. The van der Waals surface area contributed by atoms with Crippen molar-refractivity contribution in [1.82, 2.24) is 13.7 Å². The summed E-state index contributed by atoms with van der Waals surface area (Å²) in [5, 5.41) is 6.92. The SMILES string of the molecule is [C-]#[N+]c1cc(-c2ccccc2-n2c3ccccc3c3cc(-n4c5ccccc5c5ccccc54)ccc32)cc(-n2c3ccccc3c3cc([N+]#[C-])ccc32)c1.